The summed E-state index contributed by atoms with van der Waals surface area (Å²) in [6.07, 6.45) is 3.38. The van der Waals surface area contributed by atoms with Gasteiger partial charge in [-0.15, -0.1) is 0 Å². The van der Waals surface area contributed by atoms with Crippen molar-refractivity contribution in [3.8, 4) is 5.75 Å². The molecule has 1 unspecified atom stereocenters. The molecule has 0 fully saturated rings. The fourth-order valence-electron chi connectivity index (χ4n) is 3.04. The van der Waals surface area contributed by atoms with Gasteiger partial charge in [-0.25, -0.2) is 4.39 Å². The maximum Gasteiger partial charge on any atom is 0.123 e. The second kappa shape index (κ2) is 6.27. The van der Waals surface area contributed by atoms with Crippen molar-refractivity contribution in [2.24, 2.45) is 0 Å². The van der Waals surface area contributed by atoms with E-state index >= 15 is 0 Å². The largest absolute Gasteiger partial charge is 0.489 e. The van der Waals surface area contributed by atoms with Gasteiger partial charge in [0.05, 0.1) is 0 Å². The highest BCUT2D eigenvalue weighted by atomic mass is 19.1. The zero-order valence-electron chi connectivity index (χ0n) is 12.2. The third-order valence-electron chi connectivity index (χ3n) is 4.10. The zero-order valence-corrected chi connectivity index (χ0v) is 12.2. The Morgan fingerprint density at radius 3 is 2.90 bits per heavy atom. The maximum atomic E-state index is 13.2. The Balaban J connectivity index is 1.80. The lowest BCUT2D eigenvalue weighted by molar-refractivity contribution is 0.299. The van der Waals surface area contributed by atoms with Gasteiger partial charge in [0, 0.05) is 6.04 Å². The Morgan fingerprint density at radius 1 is 1.24 bits per heavy atom. The van der Waals surface area contributed by atoms with Gasteiger partial charge in [-0.05, 0) is 61.2 Å². The average Bonchev–Trinajstić information content (AvgIpc) is 2.52. The molecule has 0 aliphatic heterocycles. The lowest BCUT2D eigenvalue weighted by Crippen LogP contribution is -2.22. The first kappa shape index (κ1) is 14.1. The fourth-order valence-corrected chi connectivity index (χ4v) is 3.04. The molecule has 0 spiro atoms. The minimum atomic E-state index is -0.221. The number of nitrogens with one attached hydrogen (secondary N) is 1. The topological polar surface area (TPSA) is 21.3 Å². The predicted molar refractivity (Wildman–Crippen MR) is 81.9 cm³/mol. The third-order valence-corrected chi connectivity index (χ3v) is 4.10. The zero-order chi connectivity index (χ0) is 14.7. The molecule has 0 radical (unpaired) electrons. The monoisotopic (exact) mass is 285 g/mol. The molecule has 21 heavy (non-hydrogen) atoms. The van der Waals surface area contributed by atoms with Crippen LogP contribution in [0.5, 0.6) is 5.75 Å². The number of halogens is 1. The van der Waals surface area contributed by atoms with Crippen molar-refractivity contribution in [2.75, 3.05) is 7.05 Å². The van der Waals surface area contributed by atoms with Crippen LogP contribution in [0.1, 0.15) is 35.6 Å². The number of ether oxygens (including phenoxy) is 1. The summed E-state index contributed by atoms with van der Waals surface area (Å²) >= 11 is 0. The molecule has 2 aromatic rings. The normalized spacial score (nSPS) is 17.3. The van der Waals surface area contributed by atoms with Gasteiger partial charge >= 0.3 is 0 Å². The molecule has 3 heteroatoms. The highest BCUT2D eigenvalue weighted by Gasteiger charge is 2.21. The standard InChI is InChI=1S/C18H20FNO/c1-20-17-9-3-8-16-15(17)7-4-10-18(16)21-12-13-5-2-6-14(19)11-13/h2,4-7,10-11,17,20H,3,8-9,12H2,1H3. The predicted octanol–water partition coefficient (Wildman–Crippen LogP) is 4.00. The molecule has 0 bridgehead atoms. The van der Waals surface area contributed by atoms with Gasteiger partial charge in [-0.3, -0.25) is 0 Å². The molecule has 1 N–H and O–H groups in total. The molecule has 2 aromatic carbocycles. The first-order valence-electron chi connectivity index (χ1n) is 7.44. The summed E-state index contributed by atoms with van der Waals surface area (Å²) in [6, 6.07) is 13.2. The van der Waals surface area contributed by atoms with Crippen LogP contribution in [-0.2, 0) is 13.0 Å². The Hall–Kier alpha value is -1.87. The van der Waals surface area contributed by atoms with Gasteiger partial charge in [-0.1, -0.05) is 24.3 Å². The minimum Gasteiger partial charge on any atom is -0.489 e. The summed E-state index contributed by atoms with van der Waals surface area (Å²) in [5.74, 6) is 0.707. The van der Waals surface area contributed by atoms with Crippen LogP contribution in [0.3, 0.4) is 0 Å². The van der Waals surface area contributed by atoms with Crippen LogP contribution in [0.15, 0.2) is 42.5 Å². The quantitative estimate of drug-likeness (QED) is 0.916. The molecular weight excluding hydrogens is 265 g/mol. The smallest absolute Gasteiger partial charge is 0.123 e. The van der Waals surface area contributed by atoms with E-state index in [0.717, 1.165) is 24.2 Å². The summed E-state index contributed by atoms with van der Waals surface area (Å²) < 4.78 is 19.1. The number of hydrogen-bond donors (Lipinski definition) is 1. The van der Waals surface area contributed by atoms with Crippen LogP contribution >= 0.6 is 0 Å². The number of fused-ring (bicyclic) bond motifs is 1. The Bertz CT molecular complexity index is 626. The van der Waals surface area contributed by atoms with E-state index in [9.17, 15) is 4.39 Å². The van der Waals surface area contributed by atoms with Gasteiger partial charge in [-0.2, -0.15) is 0 Å². The van der Waals surface area contributed by atoms with Gasteiger partial charge < -0.3 is 10.1 Å². The molecule has 0 aromatic heterocycles. The van der Waals surface area contributed by atoms with E-state index in [4.69, 9.17) is 4.74 Å². The van der Waals surface area contributed by atoms with Crippen molar-refractivity contribution < 1.29 is 9.13 Å². The lowest BCUT2D eigenvalue weighted by atomic mass is 9.87. The molecule has 1 atom stereocenters. The van der Waals surface area contributed by atoms with E-state index in [1.54, 1.807) is 6.07 Å². The van der Waals surface area contributed by atoms with Gasteiger partial charge in [0.2, 0.25) is 0 Å². The van der Waals surface area contributed by atoms with Crippen LogP contribution in [0.4, 0.5) is 4.39 Å². The average molecular weight is 285 g/mol. The van der Waals surface area contributed by atoms with Crippen molar-refractivity contribution in [2.45, 2.75) is 31.9 Å². The van der Waals surface area contributed by atoms with E-state index in [1.165, 1.54) is 29.7 Å². The molecule has 1 aliphatic rings. The van der Waals surface area contributed by atoms with Crippen molar-refractivity contribution in [1.29, 1.82) is 0 Å². The highest BCUT2D eigenvalue weighted by molar-refractivity contribution is 5.43. The molecule has 0 heterocycles. The second-order valence-electron chi connectivity index (χ2n) is 5.48. The third kappa shape index (κ3) is 3.08. The van der Waals surface area contributed by atoms with Crippen molar-refractivity contribution >= 4 is 0 Å². The summed E-state index contributed by atoms with van der Waals surface area (Å²) in [5, 5.41) is 3.36. The first-order chi connectivity index (χ1) is 10.3. The van der Waals surface area contributed by atoms with Gasteiger partial charge in [0.25, 0.3) is 0 Å². The molecule has 1 aliphatic carbocycles. The van der Waals surface area contributed by atoms with Gasteiger partial charge in [0.1, 0.15) is 18.2 Å². The number of benzene rings is 2. The van der Waals surface area contributed by atoms with E-state index in [-0.39, 0.29) is 5.82 Å². The summed E-state index contributed by atoms with van der Waals surface area (Å²) in [7, 11) is 2.00. The van der Waals surface area contributed by atoms with Crippen LogP contribution in [0.25, 0.3) is 0 Å². The summed E-state index contributed by atoms with van der Waals surface area (Å²) in [6.45, 7) is 0.401. The maximum absolute atomic E-state index is 13.2. The molecule has 0 saturated carbocycles. The second-order valence-corrected chi connectivity index (χ2v) is 5.48. The first-order valence-corrected chi connectivity index (χ1v) is 7.44. The van der Waals surface area contributed by atoms with Crippen molar-refractivity contribution in [3.63, 3.8) is 0 Å². The highest BCUT2D eigenvalue weighted by Crippen LogP contribution is 2.35. The summed E-state index contributed by atoms with van der Waals surface area (Å²) in [4.78, 5) is 0. The molecule has 3 rings (SSSR count). The fraction of sp³-hybridized carbons (Fsp3) is 0.333. The molecule has 0 amide bonds. The van der Waals surface area contributed by atoms with Crippen molar-refractivity contribution in [1.82, 2.24) is 5.32 Å². The molecular formula is C18H20FNO. The van der Waals surface area contributed by atoms with Crippen LogP contribution in [-0.4, -0.2) is 7.05 Å². The lowest BCUT2D eigenvalue weighted by Gasteiger charge is -2.26. The van der Waals surface area contributed by atoms with Gasteiger partial charge in [0.15, 0.2) is 0 Å². The van der Waals surface area contributed by atoms with E-state index < -0.39 is 0 Å². The molecule has 110 valence electrons. The van der Waals surface area contributed by atoms with E-state index in [0.29, 0.717) is 12.6 Å². The SMILES string of the molecule is CNC1CCCc2c(OCc3cccc(F)c3)cccc21. The molecule has 2 nitrogen and oxygen atoms in total. The van der Waals surface area contributed by atoms with Crippen molar-refractivity contribution in [3.05, 3.63) is 65.0 Å². The van der Waals surface area contributed by atoms with Crippen LogP contribution in [0.2, 0.25) is 0 Å². The number of rotatable bonds is 4. The molecule has 0 saturated heterocycles. The Kier molecular flexibility index (Phi) is 4.20. The Labute approximate surface area is 125 Å². The van der Waals surface area contributed by atoms with E-state index in [2.05, 4.69) is 11.4 Å². The van der Waals surface area contributed by atoms with Crippen LogP contribution < -0.4 is 10.1 Å². The van der Waals surface area contributed by atoms with E-state index in [1.807, 2.05) is 25.2 Å². The summed E-state index contributed by atoms with van der Waals surface area (Å²) in [5.41, 5.74) is 3.48. The number of hydrogen-bond acceptors (Lipinski definition) is 2. The minimum absolute atomic E-state index is 0.221. The Morgan fingerprint density at radius 2 is 2.10 bits per heavy atom. The van der Waals surface area contributed by atoms with Crippen LogP contribution in [0, 0.1) is 5.82 Å².